The van der Waals surface area contributed by atoms with Crippen LogP contribution in [0.2, 0.25) is 0 Å². The quantitative estimate of drug-likeness (QED) is 0.208. The molecule has 0 spiro atoms. The third-order valence-electron chi connectivity index (χ3n) is 11.4. The van der Waals surface area contributed by atoms with Crippen molar-refractivity contribution in [3.05, 3.63) is 165 Å². The number of nitrogens with zero attached hydrogens (tertiary/aromatic N) is 8. The number of hydrogen-bond acceptors (Lipinski definition) is 8. The lowest BCUT2D eigenvalue weighted by Gasteiger charge is -2.42. The SMILES string of the molecule is [2H]C([2H])([2H])c1ccccc1C([2H])([2H])N1C(=O)C2=C(CCN(Cc3ccccc3)C2)N2CCN=C21.[2H]C([2H])(c1ccccc1C)N1C(=O)C2=C(CCN(Cc3ccccc3)C2)N2CCN=C21. The van der Waals surface area contributed by atoms with E-state index in [2.05, 4.69) is 49.0 Å². The molecule has 6 heterocycles. The van der Waals surface area contributed by atoms with E-state index in [0.717, 1.165) is 53.5 Å². The summed E-state index contributed by atoms with van der Waals surface area (Å²) in [6.07, 6.45) is 1.45. The van der Waals surface area contributed by atoms with Gasteiger partial charge in [-0.05, 0) is 47.2 Å². The van der Waals surface area contributed by atoms with Gasteiger partial charge in [0, 0.05) is 80.7 Å². The number of amides is 2. The highest BCUT2D eigenvalue weighted by Crippen LogP contribution is 2.34. The Balaban J connectivity index is 0.000000165. The van der Waals surface area contributed by atoms with Crippen LogP contribution in [-0.4, -0.2) is 105 Å². The molecule has 0 aliphatic carbocycles. The van der Waals surface area contributed by atoms with Crippen molar-refractivity contribution in [3.63, 3.8) is 0 Å². The van der Waals surface area contributed by atoms with Crippen LogP contribution >= 0.6 is 0 Å². The Morgan fingerprint density at radius 1 is 0.569 bits per heavy atom. The molecule has 0 bridgehead atoms. The number of guanidine groups is 2. The van der Waals surface area contributed by atoms with E-state index in [1.165, 1.54) is 22.6 Å². The standard InChI is InChI=1S/2C24H26N4O/c2*1-18-7-5-6-10-20(18)16-28-23(29)21-17-26(15-19-8-3-2-4-9-19)13-11-22(21)27-14-12-25-24(27)28/h2*2-10H,11-17H2,1H3/i1D3,16D2;16D2. The molecular formula is C48H52N8O2. The monoisotopic (exact) mass is 779 g/mol. The predicted octanol–water partition coefficient (Wildman–Crippen LogP) is 6.34. The molecule has 0 atom stereocenters. The number of benzene rings is 4. The van der Waals surface area contributed by atoms with E-state index < -0.39 is 25.8 Å². The van der Waals surface area contributed by atoms with Crippen molar-refractivity contribution in [1.82, 2.24) is 29.4 Å². The first-order valence-corrected chi connectivity index (χ1v) is 20.1. The number of aliphatic imine (C=N–C) groups is 2. The molecular weight excluding hydrogens is 721 g/mol. The van der Waals surface area contributed by atoms with Crippen molar-refractivity contribution in [2.45, 2.75) is 52.7 Å². The molecule has 0 unspecified atom stereocenters. The van der Waals surface area contributed by atoms with Crippen LogP contribution in [0.5, 0.6) is 0 Å². The second-order valence-electron chi connectivity index (χ2n) is 15.3. The van der Waals surface area contributed by atoms with Gasteiger partial charge in [-0.15, -0.1) is 0 Å². The van der Waals surface area contributed by atoms with Crippen LogP contribution in [0.3, 0.4) is 0 Å². The maximum absolute atomic E-state index is 13.8. The van der Waals surface area contributed by atoms with Gasteiger partial charge < -0.3 is 9.80 Å². The molecule has 10 heteroatoms. The summed E-state index contributed by atoms with van der Waals surface area (Å²) in [6, 6.07) is 33.6. The normalized spacial score (nSPS) is 21.8. The van der Waals surface area contributed by atoms with Crippen molar-refractivity contribution in [3.8, 4) is 0 Å². The van der Waals surface area contributed by atoms with Crippen LogP contribution in [0.25, 0.3) is 0 Å². The minimum atomic E-state index is -2.51. The zero-order valence-corrected chi connectivity index (χ0v) is 32.8. The molecule has 0 saturated heterocycles. The first-order chi connectivity index (χ1) is 31.1. The van der Waals surface area contributed by atoms with Gasteiger partial charge >= 0.3 is 0 Å². The lowest BCUT2D eigenvalue weighted by molar-refractivity contribution is -0.126. The molecule has 10 rings (SSSR count). The van der Waals surface area contributed by atoms with Gasteiger partial charge in [0.1, 0.15) is 0 Å². The zero-order chi connectivity index (χ0) is 45.7. The number of fused-ring (bicyclic) bond motifs is 4. The number of aryl methyl sites for hydroxylation is 2. The van der Waals surface area contributed by atoms with Crippen LogP contribution in [0.15, 0.2) is 142 Å². The highest BCUT2D eigenvalue weighted by molar-refractivity contribution is 6.10. The van der Waals surface area contributed by atoms with Crippen molar-refractivity contribution >= 4 is 23.7 Å². The predicted molar refractivity (Wildman–Crippen MR) is 228 cm³/mol. The fourth-order valence-electron chi connectivity index (χ4n) is 8.49. The molecule has 58 heavy (non-hydrogen) atoms. The molecule has 0 saturated carbocycles. The Hall–Kier alpha value is -5.84. The van der Waals surface area contributed by atoms with Gasteiger partial charge in [-0.3, -0.25) is 39.2 Å². The molecule has 0 N–H and O–H groups in total. The summed E-state index contributed by atoms with van der Waals surface area (Å²) in [7, 11) is 0. The molecule has 6 aliphatic rings. The van der Waals surface area contributed by atoms with Gasteiger partial charge in [0.05, 0.1) is 42.7 Å². The summed E-state index contributed by atoms with van der Waals surface area (Å²) < 4.78 is 59.5. The van der Waals surface area contributed by atoms with Gasteiger partial charge in [0.15, 0.2) is 0 Å². The lowest BCUT2D eigenvalue weighted by atomic mass is 9.99. The summed E-state index contributed by atoms with van der Waals surface area (Å²) in [5, 5.41) is 0. The smallest absolute Gasteiger partial charge is 0.259 e. The maximum Gasteiger partial charge on any atom is 0.259 e. The third-order valence-corrected chi connectivity index (χ3v) is 11.4. The summed E-state index contributed by atoms with van der Waals surface area (Å²) in [5.74, 6) is 0.00652. The Labute approximate surface area is 351 Å². The maximum atomic E-state index is 13.8. The molecule has 4 aromatic carbocycles. The van der Waals surface area contributed by atoms with Gasteiger partial charge in [-0.2, -0.15) is 0 Å². The number of hydrogen-bond donors (Lipinski definition) is 0. The summed E-state index contributed by atoms with van der Waals surface area (Å²) in [5.41, 5.74) is 6.70. The van der Waals surface area contributed by atoms with E-state index in [-0.39, 0.29) is 23.0 Å². The molecule has 0 fully saturated rings. The van der Waals surface area contributed by atoms with Crippen LogP contribution in [0.1, 0.15) is 55.8 Å². The van der Waals surface area contributed by atoms with Gasteiger partial charge in [-0.25, -0.2) is 0 Å². The van der Waals surface area contributed by atoms with Crippen molar-refractivity contribution in [2.24, 2.45) is 9.98 Å². The van der Waals surface area contributed by atoms with E-state index in [1.807, 2.05) is 66.4 Å². The molecule has 296 valence electrons. The molecule has 4 aromatic rings. The Morgan fingerprint density at radius 3 is 1.48 bits per heavy atom. The highest BCUT2D eigenvalue weighted by atomic mass is 16.2. The van der Waals surface area contributed by atoms with Gasteiger partial charge in [0.2, 0.25) is 11.9 Å². The molecule has 2 amide bonds. The fourth-order valence-corrected chi connectivity index (χ4v) is 8.49. The first kappa shape index (κ1) is 30.3. The van der Waals surface area contributed by atoms with Crippen LogP contribution in [0, 0.1) is 13.8 Å². The van der Waals surface area contributed by atoms with Crippen molar-refractivity contribution in [1.29, 1.82) is 0 Å². The second-order valence-corrected chi connectivity index (χ2v) is 15.3. The number of carbonyl (C=O) groups is 2. The Bertz CT molecular complexity index is 2610. The summed E-state index contributed by atoms with van der Waals surface area (Å²) in [4.78, 5) is 47.4. The molecule has 10 nitrogen and oxygen atoms in total. The van der Waals surface area contributed by atoms with Crippen molar-refractivity contribution in [2.75, 3.05) is 52.4 Å². The van der Waals surface area contributed by atoms with Crippen LogP contribution in [0.4, 0.5) is 0 Å². The third kappa shape index (κ3) is 7.62. The van der Waals surface area contributed by atoms with E-state index >= 15 is 0 Å². The van der Waals surface area contributed by atoms with Gasteiger partial charge in [0.25, 0.3) is 11.8 Å². The number of carbonyl (C=O) groups excluding carboxylic acids is 2. The van der Waals surface area contributed by atoms with Gasteiger partial charge in [-0.1, -0.05) is 109 Å². The average Bonchev–Trinajstić information content (AvgIpc) is 3.98. The minimum absolute atomic E-state index is 0.0427. The fraction of sp³-hybridized carbons (Fsp3) is 0.333. The van der Waals surface area contributed by atoms with E-state index in [9.17, 15) is 9.59 Å². The van der Waals surface area contributed by atoms with Crippen molar-refractivity contribution < 1.29 is 19.2 Å². The summed E-state index contributed by atoms with van der Waals surface area (Å²) >= 11 is 0. The Kier molecular flexibility index (Phi) is 8.64. The lowest BCUT2D eigenvalue weighted by Crippen LogP contribution is -2.53. The largest absolute Gasteiger partial charge is 0.314 e. The van der Waals surface area contributed by atoms with E-state index in [4.69, 9.17) is 9.60 Å². The van der Waals surface area contributed by atoms with Crippen LogP contribution < -0.4 is 0 Å². The molecule has 6 aliphatic heterocycles. The molecule has 0 radical (unpaired) electrons. The van der Waals surface area contributed by atoms with E-state index in [1.54, 1.807) is 18.2 Å². The highest BCUT2D eigenvalue weighted by Gasteiger charge is 2.42. The first-order valence-electron chi connectivity index (χ1n) is 23.6. The van der Waals surface area contributed by atoms with E-state index in [0.29, 0.717) is 74.9 Å². The average molecular weight is 780 g/mol. The second kappa shape index (κ2) is 16.6. The van der Waals surface area contributed by atoms with Crippen LogP contribution in [-0.2, 0) is 35.7 Å². The number of rotatable bonds is 8. The summed E-state index contributed by atoms with van der Waals surface area (Å²) in [6.45, 7) is 1.36. The zero-order valence-electron chi connectivity index (χ0n) is 39.8. The topological polar surface area (TPSA) is 78.3 Å². The Morgan fingerprint density at radius 2 is 1.00 bits per heavy atom. The minimum Gasteiger partial charge on any atom is -0.314 e. The molecule has 0 aromatic heterocycles.